The van der Waals surface area contributed by atoms with Crippen molar-refractivity contribution in [3.8, 4) is 11.8 Å². The molecule has 17 heavy (non-hydrogen) atoms. The second-order valence-corrected chi connectivity index (χ2v) is 5.30. The standard InChI is InChI=1S/C15H19NO/c1-10(2)12-5-6-14(17-4)13(7-12)15(9-16)8-11(15)3/h5-7,10-11H,8H2,1-4H3. The zero-order valence-electron chi connectivity index (χ0n) is 10.9. The van der Waals surface area contributed by atoms with Gasteiger partial charge in [0.15, 0.2) is 0 Å². The van der Waals surface area contributed by atoms with Crippen molar-refractivity contribution < 1.29 is 4.74 Å². The molecule has 0 radical (unpaired) electrons. The van der Waals surface area contributed by atoms with E-state index in [0.717, 1.165) is 17.7 Å². The van der Waals surface area contributed by atoms with Crippen LogP contribution in [0.3, 0.4) is 0 Å². The molecule has 2 atom stereocenters. The van der Waals surface area contributed by atoms with E-state index in [9.17, 15) is 5.26 Å². The Balaban J connectivity index is 2.52. The summed E-state index contributed by atoms with van der Waals surface area (Å²) in [5, 5.41) is 9.42. The molecule has 1 saturated carbocycles. The molecule has 1 aromatic carbocycles. The van der Waals surface area contributed by atoms with E-state index in [1.54, 1.807) is 7.11 Å². The predicted molar refractivity (Wildman–Crippen MR) is 68.2 cm³/mol. The van der Waals surface area contributed by atoms with E-state index in [2.05, 4.69) is 39.0 Å². The smallest absolute Gasteiger partial charge is 0.123 e. The molecule has 2 unspecified atom stereocenters. The van der Waals surface area contributed by atoms with Crippen molar-refractivity contribution in [1.29, 1.82) is 5.26 Å². The largest absolute Gasteiger partial charge is 0.496 e. The highest BCUT2D eigenvalue weighted by Gasteiger charge is 2.54. The Morgan fingerprint density at radius 1 is 1.47 bits per heavy atom. The van der Waals surface area contributed by atoms with E-state index >= 15 is 0 Å². The normalized spacial score (nSPS) is 26.7. The van der Waals surface area contributed by atoms with E-state index in [1.807, 2.05) is 6.07 Å². The first-order valence-corrected chi connectivity index (χ1v) is 6.15. The molecule has 0 N–H and O–H groups in total. The van der Waals surface area contributed by atoms with Crippen LogP contribution in [0.4, 0.5) is 0 Å². The average molecular weight is 229 g/mol. The lowest BCUT2D eigenvalue weighted by Crippen LogP contribution is -2.09. The number of ether oxygens (including phenoxy) is 1. The maximum absolute atomic E-state index is 9.42. The molecule has 0 amide bonds. The average Bonchev–Trinajstić information content (AvgIpc) is 3.00. The lowest BCUT2D eigenvalue weighted by molar-refractivity contribution is 0.406. The monoisotopic (exact) mass is 229 g/mol. The van der Waals surface area contributed by atoms with Crippen LogP contribution in [0.5, 0.6) is 5.75 Å². The molecule has 1 aromatic rings. The third-order valence-electron chi connectivity index (χ3n) is 3.88. The second kappa shape index (κ2) is 4.07. The zero-order chi connectivity index (χ0) is 12.6. The van der Waals surface area contributed by atoms with Gasteiger partial charge in [-0.2, -0.15) is 5.26 Å². The van der Waals surface area contributed by atoms with Crippen molar-refractivity contribution in [2.24, 2.45) is 5.92 Å². The van der Waals surface area contributed by atoms with Crippen LogP contribution in [0.25, 0.3) is 0 Å². The summed E-state index contributed by atoms with van der Waals surface area (Å²) in [5.74, 6) is 1.76. The number of hydrogen-bond acceptors (Lipinski definition) is 2. The fourth-order valence-corrected chi connectivity index (χ4v) is 2.45. The molecule has 0 heterocycles. The van der Waals surface area contributed by atoms with Crippen molar-refractivity contribution in [2.45, 2.75) is 38.5 Å². The molecule has 0 aromatic heterocycles. The first kappa shape index (κ1) is 12.0. The molecule has 0 saturated heterocycles. The first-order chi connectivity index (χ1) is 8.05. The molecule has 2 rings (SSSR count). The molecular formula is C15H19NO. The summed E-state index contributed by atoms with van der Waals surface area (Å²) in [6, 6.07) is 8.71. The Bertz CT molecular complexity index is 472. The van der Waals surface area contributed by atoms with Gasteiger partial charge in [-0.05, 0) is 29.9 Å². The minimum atomic E-state index is -0.309. The van der Waals surface area contributed by atoms with Gasteiger partial charge in [0.05, 0.1) is 18.6 Å². The van der Waals surface area contributed by atoms with Gasteiger partial charge in [-0.3, -0.25) is 0 Å². The van der Waals surface area contributed by atoms with Crippen molar-refractivity contribution in [1.82, 2.24) is 0 Å². The van der Waals surface area contributed by atoms with Crippen LogP contribution in [0.2, 0.25) is 0 Å². The van der Waals surface area contributed by atoms with E-state index in [4.69, 9.17) is 4.74 Å². The van der Waals surface area contributed by atoms with Crippen LogP contribution in [0.1, 0.15) is 44.2 Å². The van der Waals surface area contributed by atoms with Gasteiger partial charge in [-0.1, -0.05) is 32.9 Å². The third-order valence-corrected chi connectivity index (χ3v) is 3.88. The van der Waals surface area contributed by atoms with Crippen molar-refractivity contribution >= 4 is 0 Å². The minimum Gasteiger partial charge on any atom is -0.496 e. The SMILES string of the molecule is COc1ccc(C(C)C)cc1C1(C#N)CC1C. The van der Waals surface area contributed by atoms with Gasteiger partial charge >= 0.3 is 0 Å². The summed E-state index contributed by atoms with van der Waals surface area (Å²) in [6.45, 7) is 6.46. The molecule has 90 valence electrons. The van der Waals surface area contributed by atoms with Gasteiger partial charge in [-0.25, -0.2) is 0 Å². The summed E-state index contributed by atoms with van der Waals surface area (Å²) >= 11 is 0. The number of hydrogen-bond donors (Lipinski definition) is 0. The molecule has 0 bridgehead atoms. The molecule has 2 nitrogen and oxygen atoms in total. The van der Waals surface area contributed by atoms with Crippen molar-refractivity contribution in [2.75, 3.05) is 7.11 Å². The Labute approximate surface area is 103 Å². The van der Waals surface area contributed by atoms with E-state index in [0.29, 0.717) is 11.8 Å². The minimum absolute atomic E-state index is 0.309. The van der Waals surface area contributed by atoms with Gasteiger partial charge in [0.25, 0.3) is 0 Å². The number of benzene rings is 1. The van der Waals surface area contributed by atoms with Crippen molar-refractivity contribution in [3.63, 3.8) is 0 Å². The van der Waals surface area contributed by atoms with E-state index in [1.165, 1.54) is 5.56 Å². The summed E-state index contributed by atoms with van der Waals surface area (Å²) in [4.78, 5) is 0. The zero-order valence-corrected chi connectivity index (χ0v) is 10.9. The summed E-state index contributed by atoms with van der Waals surface area (Å²) < 4.78 is 5.41. The quantitative estimate of drug-likeness (QED) is 0.793. The van der Waals surface area contributed by atoms with E-state index in [-0.39, 0.29) is 5.41 Å². The van der Waals surface area contributed by atoms with Gasteiger partial charge < -0.3 is 4.74 Å². The molecule has 1 aliphatic rings. The molecule has 1 fully saturated rings. The van der Waals surface area contributed by atoms with Gasteiger partial charge in [0.2, 0.25) is 0 Å². The predicted octanol–water partition coefficient (Wildman–Crippen LogP) is 3.62. The maximum atomic E-state index is 9.42. The Morgan fingerprint density at radius 2 is 2.12 bits per heavy atom. The molecular weight excluding hydrogens is 210 g/mol. The Hall–Kier alpha value is -1.49. The Morgan fingerprint density at radius 3 is 2.53 bits per heavy atom. The highest BCUT2D eigenvalue weighted by atomic mass is 16.5. The topological polar surface area (TPSA) is 33.0 Å². The van der Waals surface area contributed by atoms with Gasteiger partial charge in [0, 0.05) is 5.56 Å². The Kier molecular flexibility index (Phi) is 2.87. The first-order valence-electron chi connectivity index (χ1n) is 6.15. The van der Waals surface area contributed by atoms with Crippen LogP contribution in [0, 0.1) is 17.2 Å². The fraction of sp³-hybridized carbons (Fsp3) is 0.533. The second-order valence-electron chi connectivity index (χ2n) is 5.30. The van der Waals surface area contributed by atoms with E-state index < -0.39 is 0 Å². The number of rotatable bonds is 3. The molecule has 0 spiro atoms. The van der Waals surface area contributed by atoms with Crippen LogP contribution in [0.15, 0.2) is 18.2 Å². The van der Waals surface area contributed by atoms with Crippen molar-refractivity contribution in [3.05, 3.63) is 29.3 Å². The van der Waals surface area contributed by atoms with Crippen LogP contribution >= 0.6 is 0 Å². The molecule has 2 heteroatoms. The lowest BCUT2D eigenvalue weighted by atomic mass is 9.90. The van der Waals surface area contributed by atoms with Crippen LogP contribution < -0.4 is 4.74 Å². The summed E-state index contributed by atoms with van der Waals surface area (Å²) in [7, 11) is 1.67. The summed E-state index contributed by atoms with van der Waals surface area (Å²) in [6.07, 6.45) is 0.946. The van der Waals surface area contributed by atoms with Crippen LogP contribution in [-0.4, -0.2) is 7.11 Å². The molecule has 0 aliphatic heterocycles. The van der Waals surface area contributed by atoms with Gasteiger partial charge in [0.1, 0.15) is 5.75 Å². The van der Waals surface area contributed by atoms with Gasteiger partial charge in [-0.15, -0.1) is 0 Å². The summed E-state index contributed by atoms with van der Waals surface area (Å²) in [5.41, 5.74) is 2.03. The highest BCUT2D eigenvalue weighted by molar-refractivity contribution is 5.51. The molecule has 1 aliphatic carbocycles. The highest BCUT2D eigenvalue weighted by Crippen LogP contribution is 2.56. The lowest BCUT2D eigenvalue weighted by Gasteiger charge is -2.16. The number of methoxy groups -OCH3 is 1. The third kappa shape index (κ3) is 1.80. The van der Waals surface area contributed by atoms with Crippen LogP contribution in [-0.2, 0) is 5.41 Å². The fourth-order valence-electron chi connectivity index (χ4n) is 2.45. The number of nitrogens with zero attached hydrogens (tertiary/aromatic N) is 1. The number of nitriles is 1. The maximum Gasteiger partial charge on any atom is 0.123 e.